The summed E-state index contributed by atoms with van der Waals surface area (Å²) in [5.74, 6) is 0.273. The number of tetrazole rings is 1. The lowest BCUT2D eigenvalue weighted by Crippen LogP contribution is -2.33. The van der Waals surface area contributed by atoms with Crippen LogP contribution in [0, 0.1) is 0 Å². The summed E-state index contributed by atoms with van der Waals surface area (Å²) >= 11 is 11.9. The Morgan fingerprint density at radius 2 is 1.92 bits per heavy atom. The largest absolute Gasteiger partial charge is 0.350 e. The van der Waals surface area contributed by atoms with Crippen molar-refractivity contribution >= 4 is 29.1 Å². The first-order chi connectivity index (χ1) is 12.6. The van der Waals surface area contributed by atoms with E-state index in [1.807, 2.05) is 37.3 Å². The highest BCUT2D eigenvalue weighted by atomic mass is 35.5. The van der Waals surface area contributed by atoms with Gasteiger partial charge in [0.15, 0.2) is 6.04 Å². The van der Waals surface area contributed by atoms with Gasteiger partial charge in [-0.1, -0.05) is 42.3 Å². The van der Waals surface area contributed by atoms with Crippen LogP contribution in [-0.2, 0) is 11.3 Å². The van der Waals surface area contributed by atoms with E-state index in [1.165, 1.54) is 4.80 Å². The Kier molecular flexibility index (Phi) is 5.85. The number of nitrogens with one attached hydrogen (secondary N) is 1. The summed E-state index contributed by atoms with van der Waals surface area (Å²) in [6, 6.07) is 13.9. The fraction of sp³-hybridized carbons (Fsp3) is 0.222. The second-order valence-corrected chi connectivity index (χ2v) is 6.58. The van der Waals surface area contributed by atoms with Crippen LogP contribution in [0.25, 0.3) is 11.4 Å². The molecule has 1 amide bonds. The molecule has 0 unspecified atom stereocenters. The molecule has 0 aliphatic heterocycles. The zero-order valence-corrected chi connectivity index (χ0v) is 15.6. The van der Waals surface area contributed by atoms with Crippen molar-refractivity contribution in [1.82, 2.24) is 25.5 Å². The smallest absolute Gasteiger partial charge is 0.247 e. The van der Waals surface area contributed by atoms with Gasteiger partial charge in [0.1, 0.15) is 0 Å². The molecule has 26 heavy (non-hydrogen) atoms. The summed E-state index contributed by atoms with van der Waals surface area (Å²) in [5, 5.41) is 16.6. The molecule has 0 aliphatic carbocycles. The van der Waals surface area contributed by atoms with Crippen molar-refractivity contribution in [3.8, 4) is 11.4 Å². The summed E-state index contributed by atoms with van der Waals surface area (Å²) < 4.78 is 0. The summed E-state index contributed by atoms with van der Waals surface area (Å²) in [7, 11) is 0. The van der Waals surface area contributed by atoms with Gasteiger partial charge in [0.05, 0.1) is 0 Å². The number of rotatable bonds is 6. The van der Waals surface area contributed by atoms with Crippen molar-refractivity contribution in [3.63, 3.8) is 0 Å². The molecule has 1 atom stereocenters. The zero-order chi connectivity index (χ0) is 18.5. The Labute approximate surface area is 161 Å². The highest BCUT2D eigenvalue weighted by Crippen LogP contribution is 2.18. The average molecular weight is 390 g/mol. The maximum absolute atomic E-state index is 12.5. The quantitative estimate of drug-likeness (QED) is 0.693. The lowest BCUT2D eigenvalue weighted by molar-refractivity contribution is -0.125. The van der Waals surface area contributed by atoms with Crippen LogP contribution in [-0.4, -0.2) is 26.1 Å². The molecule has 0 bridgehead atoms. The van der Waals surface area contributed by atoms with Gasteiger partial charge in [0.2, 0.25) is 11.7 Å². The van der Waals surface area contributed by atoms with Crippen molar-refractivity contribution in [2.45, 2.75) is 25.9 Å². The highest BCUT2D eigenvalue weighted by molar-refractivity contribution is 6.30. The number of halogens is 2. The van der Waals surface area contributed by atoms with E-state index in [0.717, 1.165) is 11.1 Å². The van der Waals surface area contributed by atoms with E-state index in [4.69, 9.17) is 23.2 Å². The lowest BCUT2D eigenvalue weighted by atomic mass is 10.2. The Hall–Kier alpha value is -2.44. The third-order valence-corrected chi connectivity index (χ3v) is 4.34. The molecule has 3 rings (SSSR count). The van der Waals surface area contributed by atoms with Crippen LogP contribution in [0.1, 0.15) is 24.9 Å². The van der Waals surface area contributed by atoms with Crippen LogP contribution in [0.4, 0.5) is 0 Å². The number of nitrogens with zero attached hydrogens (tertiary/aromatic N) is 4. The Bertz CT molecular complexity index is 895. The number of hydrogen-bond acceptors (Lipinski definition) is 4. The van der Waals surface area contributed by atoms with Crippen LogP contribution < -0.4 is 5.32 Å². The molecule has 0 aliphatic rings. The van der Waals surface area contributed by atoms with Crippen LogP contribution in [0.15, 0.2) is 48.5 Å². The van der Waals surface area contributed by atoms with Gasteiger partial charge in [-0.3, -0.25) is 4.79 Å². The maximum Gasteiger partial charge on any atom is 0.247 e. The highest BCUT2D eigenvalue weighted by Gasteiger charge is 2.21. The second-order valence-electron chi connectivity index (χ2n) is 5.71. The molecule has 1 aromatic heterocycles. The summed E-state index contributed by atoms with van der Waals surface area (Å²) in [5.41, 5.74) is 1.71. The van der Waals surface area contributed by atoms with Gasteiger partial charge in [-0.05, 0) is 53.6 Å². The van der Waals surface area contributed by atoms with Gasteiger partial charge in [-0.2, -0.15) is 4.80 Å². The molecule has 0 spiro atoms. The molecule has 134 valence electrons. The van der Waals surface area contributed by atoms with Gasteiger partial charge in [-0.15, -0.1) is 10.2 Å². The van der Waals surface area contributed by atoms with Gasteiger partial charge < -0.3 is 5.32 Å². The minimum Gasteiger partial charge on any atom is -0.350 e. The molecular weight excluding hydrogens is 373 g/mol. The van der Waals surface area contributed by atoms with E-state index < -0.39 is 6.04 Å². The van der Waals surface area contributed by atoms with E-state index in [2.05, 4.69) is 20.7 Å². The van der Waals surface area contributed by atoms with Gasteiger partial charge >= 0.3 is 0 Å². The maximum atomic E-state index is 12.5. The van der Waals surface area contributed by atoms with E-state index in [-0.39, 0.29) is 5.91 Å². The average Bonchev–Trinajstić information content (AvgIpc) is 3.11. The molecule has 0 radical (unpaired) electrons. The number of benzene rings is 2. The summed E-state index contributed by atoms with van der Waals surface area (Å²) in [6.07, 6.45) is 0.539. The third kappa shape index (κ3) is 4.39. The Morgan fingerprint density at radius 1 is 1.15 bits per heavy atom. The van der Waals surface area contributed by atoms with Gasteiger partial charge in [-0.25, -0.2) is 0 Å². The van der Waals surface area contributed by atoms with Crippen molar-refractivity contribution in [2.75, 3.05) is 0 Å². The molecule has 0 saturated carbocycles. The van der Waals surface area contributed by atoms with Crippen molar-refractivity contribution in [2.24, 2.45) is 0 Å². The van der Waals surface area contributed by atoms with Gasteiger partial charge in [0.25, 0.3) is 0 Å². The summed E-state index contributed by atoms with van der Waals surface area (Å²) in [4.78, 5) is 13.9. The van der Waals surface area contributed by atoms with E-state index in [1.54, 1.807) is 18.2 Å². The fourth-order valence-corrected chi connectivity index (χ4v) is 2.82. The predicted molar refractivity (Wildman–Crippen MR) is 101 cm³/mol. The SMILES string of the molecule is CC[C@H](C(=O)NCc1cccc(Cl)c1)n1nnc(-c2ccc(Cl)cc2)n1. The second kappa shape index (κ2) is 8.29. The molecule has 8 heteroatoms. The number of carbonyl (C=O) groups excluding carboxylic acids is 1. The van der Waals surface area contributed by atoms with E-state index in [9.17, 15) is 4.79 Å². The van der Waals surface area contributed by atoms with Crippen molar-refractivity contribution in [3.05, 3.63) is 64.1 Å². The predicted octanol–water partition coefficient (Wildman–Crippen LogP) is 3.91. The van der Waals surface area contributed by atoms with Crippen molar-refractivity contribution in [1.29, 1.82) is 0 Å². The molecule has 1 N–H and O–H groups in total. The van der Waals surface area contributed by atoms with Crippen LogP contribution in [0.2, 0.25) is 10.0 Å². The minimum absolute atomic E-state index is 0.174. The van der Waals surface area contributed by atoms with Crippen LogP contribution in [0.3, 0.4) is 0 Å². The van der Waals surface area contributed by atoms with E-state index >= 15 is 0 Å². The molecule has 0 fully saturated rings. The Morgan fingerprint density at radius 3 is 2.62 bits per heavy atom. The number of carbonyl (C=O) groups is 1. The fourth-order valence-electron chi connectivity index (χ4n) is 2.48. The molecule has 1 heterocycles. The summed E-state index contributed by atoms with van der Waals surface area (Å²) in [6.45, 7) is 2.28. The normalized spacial score (nSPS) is 12.0. The number of aromatic nitrogens is 4. The van der Waals surface area contributed by atoms with Crippen LogP contribution >= 0.6 is 23.2 Å². The molecule has 3 aromatic rings. The third-order valence-electron chi connectivity index (χ3n) is 3.85. The molecule has 2 aromatic carbocycles. The first-order valence-electron chi connectivity index (χ1n) is 8.14. The van der Waals surface area contributed by atoms with Gasteiger partial charge in [0, 0.05) is 22.2 Å². The zero-order valence-electron chi connectivity index (χ0n) is 14.1. The van der Waals surface area contributed by atoms with Crippen molar-refractivity contribution < 1.29 is 4.79 Å². The first-order valence-corrected chi connectivity index (χ1v) is 8.90. The number of hydrogen-bond donors (Lipinski definition) is 1. The molecular formula is C18H17Cl2N5O. The topological polar surface area (TPSA) is 72.7 Å². The number of amides is 1. The monoisotopic (exact) mass is 389 g/mol. The van der Waals surface area contributed by atoms with E-state index in [0.29, 0.717) is 28.8 Å². The minimum atomic E-state index is -0.539. The van der Waals surface area contributed by atoms with Crippen LogP contribution in [0.5, 0.6) is 0 Å². The lowest BCUT2D eigenvalue weighted by Gasteiger charge is -2.13. The standard InChI is InChI=1S/C18H17Cl2N5O/c1-2-16(18(26)21-11-12-4-3-5-15(20)10-12)25-23-17(22-24-25)13-6-8-14(19)9-7-13/h3-10,16H,2,11H2,1H3,(H,21,26)/t16-/m1/s1. The Balaban J connectivity index is 1.70. The molecule has 6 nitrogen and oxygen atoms in total. The first kappa shape index (κ1) is 18.4. The molecule has 0 saturated heterocycles.